The molecular weight excluding hydrogens is 384 g/mol. The lowest BCUT2D eigenvalue weighted by Crippen LogP contribution is -2.21. The van der Waals surface area contributed by atoms with E-state index >= 15 is 0 Å². The van der Waals surface area contributed by atoms with E-state index in [0.717, 1.165) is 4.47 Å². The Morgan fingerprint density at radius 2 is 1.88 bits per heavy atom. The maximum atomic E-state index is 12.0. The number of amides is 2. The van der Waals surface area contributed by atoms with Gasteiger partial charge in [0.2, 0.25) is 5.91 Å². The predicted molar refractivity (Wildman–Crippen MR) is 102 cm³/mol. The fourth-order valence-electron chi connectivity index (χ4n) is 2.17. The molecule has 2 amide bonds. The van der Waals surface area contributed by atoms with E-state index in [2.05, 4.69) is 42.0 Å². The number of halogens is 1. The highest BCUT2D eigenvalue weighted by Gasteiger charge is 2.15. The molecule has 25 heavy (non-hydrogen) atoms. The van der Waals surface area contributed by atoms with Gasteiger partial charge in [-0.2, -0.15) is 0 Å². The van der Waals surface area contributed by atoms with E-state index in [1.54, 1.807) is 18.2 Å². The number of ether oxygens (including phenoxy) is 1. The maximum absolute atomic E-state index is 12.0. The van der Waals surface area contributed by atoms with E-state index < -0.39 is 5.91 Å². The van der Waals surface area contributed by atoms with Crippen molar-refractivity contribution < 1.29 is 14.3 Å². The standard InChI is InChI=1S/C19H21BrN2O3/c1-19(2,3)13-7-8-16(15(20)10-13)25-11-17(23)22-14-6-4-5-12(9-14)18(21)24/h4-10H,11H2,1-3H3,(H2,21,24)(H,22,23). The fraction of sp³-hybridized carbons (Fsp3) is 0.263. The van der Waals surface area contributed by atoms with Crippen molar-refractivity contribution in [3.63, 3.8) is 0 Å². The summed E-state index contributed by atoms with van der Waals surface area (Å²) >= 11 is 3.47. The van der Waals surface area contributed by atoms with Crippen LogP contribution in [0.2, 0.25) is 0 Å². The zero-order valence-corrected chi connectivity index (χ0v) is 16.0. The molecule has 0 spiro atoms. The summed E-state index contributed by atoms with van der Waals surface area (Å²) in [6.07, 6.45) is 0. The van der Waals surface area contributed by atoms with Crippen molar-refractivity contribution in [2.75, 3.05) is 11.9 Å². The van der Waals surface area contributed by atoms with Crippen LogP contribution in [0.5, 0.6) is 5.75 Å². The fourth-order valence-corrected chi connectivity index (χ4v) is 2.67. The molecule has 6 heteroatoms. The Hall–Kier alpha value is -2.34. The van der Waals surface area contributed by atoms with Crippen LogP contribution in [0.25, 0.3) is 0 Å². The number of nitrogens with one attached hydrogen (secondary N) is 1. The predicted octanol–water partition coefficient (Wildman–Crippen LogP) is 3.86. The molecule has 0 atom stereocenters. The average Bonchev–Trinajstić information content (AvgIpc) is 2.53. The van der Waals surface area contributed by atoms with Crippen molar-refractivity contribution in [1.82, 2.24) is 0 Å². The first-order chi connectivity index (χ1) is 11.7. The van der Waals surface area contributed by atoms with Gasteiger partial charge in [0.05, 0.1) is 4.47 Å². The quantitative estimate of drug-likeness (QED) is 0.793. The highest BCUT2D eigenvalue weighted by Crippen LogP contribution is 2.31. The number of carbonyl (C=O) groups is 2. The highest BCUT2D eigenvalue weighted by molar-refractivity contribution is 9.10. The molecule has 0 bridgehead atoms. The summed E-state index contributed by atoms with van der Waals surface area (Å²) in [5.74, 6) is -0.280. The van der Waals surface area contributed by atoms with Crippen LogP contribution in [0.1, 0.15) is 36.7 Å². The van der Waals surface area contributed by atoms with Crippen molar-refractivity contribution >= 4 is 33.4 Å². The molecule has 0 radical (unpaired) electrons. The number of nitrogens with two attached hydrogens (primary N) is 1. The van der Waals surface area contributed by atoms with Crippen LogP contribution in [0.3, 0.4) is 0 Å². The lowest BCUT2D eigenvalue weighted by atomic mass is 9.87. The Morgan fingerprint density at radius 3 is 2.48 bits per heavy atom. The molecule has 132 valence electrons. The summed E-state index contributed by atoms with van der Waals surface area (Å²) in [7, 11) is 0. The van der Waals surface area contributed by atoms with Gasteiger partial charge >= 0.3 is 0 Å². The van der Waals surface area contributed by atoms with Crippen LogP contribution in [0.15, 0.2) is 46.9 Å². The summed E-state index contributed by atoms with van der Waals surface area (Å²) in [6.45, 7) is 6.24. The molecule has 2 aromatic rings. The molecular formula is C19H21BrN2O3. The largest absolute Gasteiger partial charge is 0.483 e. The zero-order valence-electron chi connectivity index (χ0n) is 14.4. The molecule has 0 saturated heterocycles. The van der Waals surface area contributed by atoms with Crippen LogP contribution in [0.4, 0.5) is 5.69 Å². The number of hydrogen-bond donors (Lipinski definition) is 2. The normalized spacial score (nSPS) is 11.0. The summed E-state index contributed by atoms with van der Waals surface area (Å²) in [4.78, 5) is 23.2. The topological polar surface area (TPSA) is 81.4 Å². The lowest BCUT2D eigenvalue weighted by Gasteiger charge is -2.20. The summed E-state index contributed by atoms with van der Waals surface area (Å²) in [6, 6.07) is 12.2. The van der Waals surface area contributed by atoms with E-state index in [1.165, 1.54) is 11.6 Å². The van der Waals surface area contributed by atoms with Crippen molar-refractivity contribution in [3.05, 3.63) is 58.1 Å². The Bertz CT molecular complexity index is 797. The van der Waals surface area contributed by atoms with Gasteiger partial charge in [0.15, 0.2) is 6.61 Å². The third-order valence-corrected chi connectivity index (χ3v) is 4.21. The summed E-state index contributed by atoms with van der Waals surface area (Å²) < 4.78 is 6.36. The monoisotopic (exact) mass is 404 g/mol. The first kappa shape index (κ1) is 19.0. The van der Waals surface area contributed by atoms with E-state index in [-0.39, 0.29) is 17.9 Å². The van der Waals surface area contributed by atoms with Crippen LogP contribution < -0.4 is 15.8 Å². The second-order valence-corrected chi connectivity index (χ2v) is 7.53. The first-order valence-electron chi connectivity index (χ1n) is 7.79. The van der Waals surface area contributed by atoms with Crippen LogP contribution >= 0.6 is 15.9 Å². The second-order valence-electron chi connectivity index (χ2n) is 6.68. The molecule has 2 aromatic carbocycles. The molecule has 0 aliphatic heterocycles. The molecule has 0 aliphatic rings. The Morgan fingerprint density at radius 1 is 1.16 bits per heavy atom. The van der Waals surface area contributed by atoms with Gasteiger partial charge in [-0.15, -0.1) is 0 Å². The van der Waals surface area contributed by atoms with Crippen LogP contribution in [0, 0.1) is 0 Å². The number of hydrogen-bond acceptors (Lipinski definition) is 3. The molecule has 0 aliphatic carbocycles. The molecule has 2 rings (SSSR count). The Balaban J connectivity index is 1.98. The van der Waals surface area contributed by atoms with Crippen molar-refractivity contribution in [2.24, 2.45) is 5.73 Å². The van der Waals surface area contributed by atoms with E-state index in [1.807, 2.05) is 18.2 Å². The van der Waals surface area contributed by atoms with Crippen molar-refractivity contribution in [2.45, 2.75) is 26.2 Å². The van der Waals surface area contributed by atoms with E-state index in [9.17, 15) is 9.59 Å². The Kier molecular flexibility index (Phi) is 5.85. The van der Waals surface area contributed by atoms with Crippen LogP contribution in [-0.4, -0.2) is 18.4 Å². The van der Waals surface area contributed by atoms with Crippen LogP contribution in [-0.2, 0) is 10.2 Å². The summed E-state index contributed by atoms with van der Waals surface area (Å²) in [5.41, 5.74) is 7.25. The third kappa shape index (κ3) is 5.32. The van der Waals surface area contributed by atoms with Gasteiger partial charge in [-0.05, 0) is 57.2 Å². The van der Waals surface area contributed by atoms with Crippen molar-refractivity contribution in [3.8, 4) is 5.75 Å². The molecule has 5 nitrogen and oxygen atoms in total. The minimum absolute atomic E-state index is 0.0316. The maximum Gasteiger partial charge on any atom is 0.262 e. The molecule has 0 heterocycles. The zero-order chi connectivity index (χ0) is 18.6. The van der Waals surface area contributed by atoms with Gasteiger partial charge in [0.1, 0.15) is 5.75 Å². The van der Waals surface area contributed by atoms with Gasteiger partial charge in [0.25, 0.3) is 5.91 Å². The molecule has 0 unspecified atom stereocenters. The Labute approximate surface area is 155 Å². The number of benzene rings is 2. The highest BCUT2D eigenvalue weighted by atomic mass is 79.9. The minimum Gasteiger partial charge on any atom is -0.483 e. The van der Waals surface area contributed by atoms with Gasteiger partial charge in [-0.25, -0.2) is 0 Å². The number of carbonyl (C=O) groups excluding carboxylic acids is 2. The van der Waals surface area contributed by atoms with E-state index in [0.29, 0.717) is 17.0 Å². The molecule has 0 aromatic heterocycles. The van der Waals surface area contributed by atoms with E-state index in [4.69, 9.17) is 10.5 Å². The molecule has 0 fully saturated rings. The van der Waals surface area contributed by atoms with Crippen molar-refractivity contribution in [1.29, 1.82) is 0 Å². The average molecular weight is 405 g/mol. The summed E-state index contributed by atoms with van der Waals surface area (Å²) in [5, 5.41) is 2.68. The number of primary amides is 1. The van der Waals surface area contributed by atoms with Gasteiger partial charge in [0, 0.05) is 11.3 Å². The number of rotatable bonds is 5. The first-order valence-corrected chi connectivity index (χ1v) is 8.58. The molecule has 0 saturated carbocycles. The lowest BCUT2D eigenvalue weighted by molar-refractivity contribution is -0.118. The van der Waals surface area contributed by atoms with Gasteiger partial charge < -0.3 is 15.8 Å². The van der Waals surface area contributed by atoms with Gasteiger partial charge in [-0.3, -0.25) is 9.59 Å². The smallest absolute Gasteiger partial charge is 0.262 e. The molecule has 3 N–H and O–H groups in total. The third-order valence-electron chi connectivity index (χ3n) is 3.59. The SMILES string of the molecule is CC(C)(C)c1ccc(OCC(=O)Nc2cccc(C(N)=O)c2)c(Br)c1. The number of anilines is 1. The minimum atomic E-state index is -0.546. The van der Waals surface area contributed by atoms with Gasteiger partial charge in [-0.1, -0.05) is 32.9 Å². The second kappa shape index (κ2) is 7.70.